The van der Waals surface area contributed by atoms with Gasteiger partial charge in [-0.05, 0) is 29.8 Å². The molecular weight excluding hydrogens is 224 g/mol. The van der Waals surface area contributed by atoms with Crippen LogP contribution in [0.25, 0.3) is 0 Å². The highest BCUT2D eigenvalue weighted by Crippen LogP contribution is 2.17. The lowest BCUT2D eigenvalue weighted by Gasteiger charge is -2.19. The van der Waals surface area contributed by atoms with Crippen molar-refractivity contribution in [3.8, 4) is 0 Å². The molecule has 0 bridgehead atoms. The Morgan fingerprint density at radius 3 is 2.67 bits per heavy atom. The van der Waals surface area contributed by atoms with Gasteiger partial charge < -0.3 is 5.11 Å². The average Bonchev–Trinajstić information content (AvgIpc) is 2.35. The van der Waals surface area contributed by atoms with Gasteiger partial charge in [0.15, 0.2) is 5.54 Å². The molecule has 0 aromatic carbocycles. The second kappa shape index (κ2) is 2.90. The Bertz CT molecular complexity index is 306. The van der Waals surface area contributed by atoms with Crippen molar-refractivity contribution in [1.29, 1.82) is 0 Å². The van der Waals surface area contributed by atoms with Crippen LogP contribution < -0.4 is 0 Å². The molecule has 1 heterocycles. The van der Waals surface area contributed by atoms with Gasteiger partial charge >= 0.3 is 5.97 Å². The molecule has 12 heavy (non-hydrogen) atoms. The SMILES string of the molecule is CC(C)(C(=O)O)n1cc(Br)cn1. The molecule has 0 amide bonds. The monoisotopic (exact) mass is 232 g/mol. The molecule has 0 fully saturated rings. The van der Waals surface area contributed by atoms with E-state index in [1.54, 1.807) is 26.2 Å². The molecule has 1 aromatic rings. The van der Waals surface area contributed by atoms with Crippen LogP contribution in [-0.4, -0.2) is 20.9 Å². The molecule has 0 spiro atoms. The number of carbonyl (C=O) groups is 1. The van der Waals surface area contributed by atoms with Crippen molar-refractivity contribution >= 4 is 21.9 Å². The van der Waals surface area contributed by atoms with Crippen molar-refractivity contribution in [3.05, 3.63) is 16.9 Å². The first-order valence-electron chi connectivity index (χ1n) is 3.38. The summed E-state index contributed by atoms with van der Waals surface area (Å²) in [6.45, 7) is 3.18. The van der Waals surface area contributed by atoms with Crippen molar-refractivity contribution in [2.45, 2.75) is 19.4 Å². The molecular formula is C7H9BrN2O2. The summed E-state index contributed by atoms with van der Waals surface area (Å²) in [5.74, 6) is -0.905. The third kappa shape index (κ3) is 1.50. The van der Waals surface area contributed by atoms with Crippen LogP contribution in [0.5, 0.6) is 0 Å². The molecule has 1 N–H and O–H groups in total. The highest BCUT2D eigenvalue weighted by molar-refractivity contribution is 9.10. The van der Waals surface area contributed by atoms with Crippen LogP contribution in [0, 0.1) is 0 Å². The fraction of sp³-hybridized carbons (Fsp3) is 0.429. The Kier molecular flexibility index (Phi) is 2.23. The zero-order valence-electron chi connectivity index (χ0n) is 6.78. The molecule has 1 rings (SSSR count). The summed E-state index contributed by atoms with van der Waals surface area (Å²) in [6.07, 6.45) is 3.19. The number of halogens is 1. The average molecular weight is 233 g/mol. The maximum atomic E-state index is 10.8. The van der Waals surface area contributed by atoms with E-state index in [2.05, 4.69) is 21.0 Å². The van der Waals surface area contributed by atoms with E-state index in [0.29, 0.717) is 0 Å². The molecule has 0 aliphatic rings. The maximum absolute atomic E-state index is 10.8. The van der Waals surface area contributed by atoms with Crippen molar-refractivity contribution < 1.29 is 9.90 Å². The Balaban J connectivity index is 3.05. The lowest BCUT2D eigenvalue weighted by atomic mass is 10.1. The van der Waals surface area contributed by atoms with Gasteiger partial charge in [0.1, 0.15) is 0 Å². The third-order valence-electron chi connectivity index (χ3n) is 1.65. The van der Waals surface area contributed by atoms with Crippen LogP contribution in [0.2, 0.25) is 0 Å². The van der Waals surface area contributed by atoms with E-state index in [1.165, 1.54) is 4.68 Å². The predicted molar refractivity (Wildman–Crippen MR) is 46.9 cm³/mol. The van der Waals surface area contributed by atoms with E-state index in [0.717, 1.165) is 4.47 Å². The number of hydrogen-bond donors (Lipinski definition) is 1. The maximum Gasteiger partial charge on any atom is 0.331 e. The van der Waals surface area contributed by atoms with Gasteiger partial charge in [0.05, 0.1) is 10.7 Å². The number of rotatable bonds is 2. The second-order valence-electron chi connectivity index (χ2n) is 2.97. The van der Waals surface area contributed by atoms with Crippen molar-refractivity contribution in [1.82, 2.24) is 9.78 Å². The molecule has 0 atom stereocenters. The van der Waals surface area contributed by atoms with Crippen LogP contribution in [0.15, 0.2) is 16.9 Å². The smallest absolute Gasteiger partial charge is 0.331 e. The first-order chi connectivity index (χ1) is 5.44. The van der Waals surface area contributed by atoms with E-state index in [-0.39, 0.29) is 0 Å². The van der Waals surface area contributed by atoms with E-state index in [1.807, 2.05) is 0 Å². The van der Waals surface area contributed by atoms with Crippen LogP contribution >= 0.6 is 15.9 Å². The van der Waals surface area contributed by atoms with E-state index in [4.69, 9.17) is 5.11 Å². The Labute approximate surface area is 78.3 Å². The first kappa shape index (κ1) is 9.25. The van der Waals surface area contributed by atoms with Crippen LogP contribution in [0.4, 0.5) is 0 Å². The number of hydrogen-bond acceptors (Lipinski definition) is 2. The summed E-state index contributed by atoms with van der Waals surface area (Å²) in [5, 5.41) is 12.7. The minimum Gasteiger partial charge on any atom is -0.479 e. The van der Waals surface area contributed by atoms with Crippen LogP contribution in [0.1, 0.15) is 13.8 Å². The van der Waals surface area contributed by atoms with Gasteiger partial charge in [-0.2, -0.15) is 5.10 Å². The summed E-state index contributed by atoms with van der Waals surface area (Å²) in [7, 11) is 0. The number of carboxylic acids is 1. The van der Waals surface area contributed by atoms with Gasteiger partial charge in [-0.25, -0.2) is 4.79 Å². The number of aromatic nitrogens is 2. The summed E-state index contributed by atoms with van der Waals surface area (Å²) in [6, 6.07) is 0. The van der Waals surface area contributed by atoms with E-state index >= 15 is 0 Å². The van der Waals surface area contributed by atoms with Gasteiger partial charge in [0.25, 0.3) is 0 Å². The summed E-state index contributed by atoms with van der Waals surface area (Å²) >= 11 is 3.20. The summed E-state index contributed by atoms with van der Waals surface area (Å²) in [5.41, 5.74) is -0.994. The molecule has 0 saturated carbocycles. The fourth-order valence-corrected chi connectivity index (χ4v) is 0.990. The zero-order chi connectivity index (χ0) is 9.35. The van der Waals surface area contributed by atoms with Gasteiger partial charge in [0, 0.05) is 6.20 Å². The normalized spacial score (nSPS) is 11.6. The molecule has 4 nitrogen and oxygen atoms in total. The topological polar surface area (TPSA) is 55.1 Å². The zero-order valence-corrected chi connectivity index (χ0v) is 8.37. The molecule has 0 unspecified atom stereocenters. The van der Waals surface area contributed by atoms with Crippen LogP contribution in [0.3, 0.4) is 0 Å². The van der Waals surface area contributed by atoms with E-state index in [9.17, 15) is 4.79 Å². The molecule has 0 aliphatic carbocycles. The fourth-order valence-electron chi connectivity index (χ4n) is 0.705. The van der Waals surface area contributed by atoms with Crippen molar-refractivity contribution in [2.24, 2.45) is 0 Å². The minimum absolute atomic E-state index is 0.775. The highest BCUT2D eigenvalue weighted by atomic mass is 79.9. The van der Waals surface area contributed by atoms with Gasteiger partial charge in [-0.3, -0.25) is 4.68 Å². The molecule has 0 saturated heterocycles. The first-order valence-corrected chi connectivity index (χ1v) is 4.18. The van der Waals surface area contributed by atoms with Crippen molar-refractivity contribution in [3.63, 3.8) is 0 Å². The molecule has 0 radical (unpaired) electrons. The molecule has 0 aliphatic heterocycles. The van der Waals surface area contributed by atoms with Gasteiger partial charge in [-0.1, -0.05) is 0 Å². The Hall–Kier alpha value is -0.840. The number of nitrogens with zero attached hydrogens (tertiary/aromatic N) is 2. The van der Waals surface area contributed by atoms with Gasteiger partial charge in [-0.15, -0.1) is 0 Å². The molecule has 66 valence electrons. The number of aliphatic carboxylic acids is 1. The Morgan fingerprint density at radius 2 is 2.33 bits per heavy atom. The second-order valence-corrected chi connectivity index (χ2v) is 3.88. The van der Waals surface area contributed by atoms with E-state index < -0.39 is 11.5 Å². The molecule has 1 aromatic heterocycles. The lowest BCUT2D eigenvalue weighted by molar-refractivity contribution is -0.146. The largest absolute Gasteiger partial charge is 0.479 e. The number of carboxylic acid groups (broad SMARTS) is 1. The van der Waals surface area contributed by atoms with Crippen molar-refractivity contribution in [2.75, 3.05) is 0 Å². The minimum atomic E-state index is -0.994. The highest BCUT2D eigenvalue weighted by Gasteiger charge is 2.29. The predicted octanol–water partition coefficient (Wildman–Crippen LogP) is 1.47. The summed E-state index contributed by atoms with van der Waals surface area (Å²) in [4.78, 5) is 10.8. The summed E-state index contributed by atoms with van der Waals surface area (Å²) < 4.78 is 2.18. The third-order valence-corrected chi connectivity index (χ3v) is 2.06. The standard InChI is InChI=1S/C7H9BrN2O2/c1-7(2,6(11)12)10-4-5(8)3-9-10/h3-4H,1-2H3,(H,11,12). The molecule has 5 heteroatoms. The van der Waals surface area contributed by atoms with Crippen LogP contribution in [-0.2, 0) is 10.3 Å². The quantitative estimate of drug-likeness (QED) is 0.841. The lowest BCUT2D eigenvalue weighted by Crippen LogP contribution is -2.35. The van der Waals surface area contributed by atoms with Gasteiger partial charge in [0.2, 0.25) is 0 Å². The Morgan fingerprint density at radius 1 is 1.75 bits per heavy atom.